The highest BCUT2D eigenvalue weighted by Crippen LogP contribution is 2.29. The minimum atomic E-state index is 0.248. The first kappa shape index (κ1) is 12.7. The lowest BCUT2D eigenvalue weighted by molar-refractivity contribution is -0.131. The normalized spacial score (nSPS) is 29.2. The van der Waals surface area contributed by atoms with Gasteiger partial charge in [-0.05, 0) is 31.2 Å². The Morgan fingerprint density at radius 2 is 1.84 bits per heavy atom. The summed E-state index contributed by atoms with van der Waals surface area (Å²) in [6.07, 6.45) is 5.32. The van der Waals surface area contributed by atoms with Crippen molar-refractivity contribution >= 4 is 5.91 Å². The Kier molecular flexibility index (Phi) is 3.56. The van der Waals surface area contributed by atoms with Crippen molar-refractivity contribution in [1.82, 2.24) is 10.2 Å². The topological polar surface area (TPSA) is 32.3 Å². The molecule has 2 fully saturated rings. The number of hydrogen-bond acceptors (Lipinski definition) is 2. The second-order valence-corrected chi connectivity index (χ2v) is 5.93. The van der Waals surface area contributed by atoms with Crippen molar-refractivity contribution in [2.24, 2.45) is 0 Å². The lowest BCUT2D eigenvalue weighted by Gasteiger charge is -2.35. The number of carbonyl (C=O) groups is 1. The van der Waals surface area contributed by atoms with E-state index in [0.29, 0.717) is 24.5 Å². The van der Waals surface area contributed by atoms with Gasteiger partial charge in [0.15, 0.2) is 0 Å². The predicted molar refractivity (Wildman–Crippen MR) is 75.9 cm³/mol. The van der Waals surface area contributed by atoms with E-state index in [-0.39, 0.29) is 5.91 Å². The van der Waals surface area contributed by atoms with Crippen LogP contribution in [0.25, 0.3) is 0 Å². The van der Waals surface area contributed by atoms with Gasteiger partial charge >= 0.3 is 0 Å². The largest absolute Gasteiger partial charge is 0.342 e. The van der Waals surface area contributed by atoms with Crippen LogP contribution in [0, 0.1) is 0 Å². The number of hydrogen-bond donors (Lipinski definition) is 1. The van der Waals surface area contributed by atoms with Gasteiger partial charge in [-0.2, -0.15) is 0 Å². The van der Waals surface area contributed by atoms with Gasteiger partial charge in [-0.1, -0.05) is 30.3 Å². The first-order valence-corrected chi connectivity index (χ1v) is 7.28. The van der Waals surface area contributed by atoms with Gasteiger partial charge in [-0.15, -0.1) is 0 Å². The van der Waals surface area contributed by atoms with E-state index in [1.54, 1.807) is 0 Å². The molecule has 2 aliphatic rings. The van der Waals surface area contributed by atoms with Gasteiger partial charge < -0.3 is 10.2 Å². The van der Waals surface area contributed by atoms with Crippen LogP contribution < -0.4 is 5.32 Å². The molecule has 3 nitrogen and oxygen atoms in total. The molecule has 1 N–H and O–H groups in total. The minimum Gasteiger partial charge on any atom is -0.342 e. The maximum absolute atomic E-state index is 12.4. The summed E-state index contributed by atoms with van der Waals surface area (Å²) in [7, 11) is 1.97. The summed E-state index contributed by atoms with van der Waals surface area (Å²) >= 11 is 0. The molecular formula is C16H22N2O. The zero-order chi connectivity index (χ0) is 13.2. The summed E-state index contributed by atoms with van der Waals surface area (Å²) in [5.74, 6) is 0.248. The van der Waals surface area contributed by atoms with Crippen LogP contribution in [0.15, 0.2) is 30.3 Å². The second kappa shape index (κ2) is 5.33. The first-order valence-electron chi connectivity index (χ1n) is 7.28. The van der Waals surface area contributed by atoms with Gasteiger partial charge in [-0.25, -0.2) is 0 Å². The van der Waals surface area contributed by atoms with E-state index < -0.39 is 0 Å². The summed E-state index contributed by atoms with van der Waals surface area (Å²) in [5.41, 5.74) is 1.11. The maximum atomic E-state index is 12.4. The summed E-state index contributed by atoms with van der Waals surface area (Å²) < 4.78 is 0. The summed E-state index contributed by atoms with van der Waals surface area (Å²) in [4.78, 5) is 14.3. The number of nitrogens with zero attached hydrogens (tertiary/aromatic N) is 1. The summed E-state index contributed by atoms with van der Waals surface area (Å²) in [5, 5.41) is 3.63. The Morgan fingerprint density at radius 1 is 1.21 bits per heavy atom. The Hall–Kier alpha value is -1.35. The average molecular weight is 258 g/mol. The van der Waals surface area contributed by atoms with E-state index in [9.17, 15) is 4.79 Å². The third-order valence-corrected chi connectivity index (χ3v) is 4.59. The molecule has 1 aromatic rings. The Labute approximate surface area is 115 Å². The molecule has 0 unspecified atom stereocenters. The molecule has 3 atom stereocenters. The van der Waals surface area contributed by atoms with Crippen molar-refractivity contribution in [2.75, 3.05) is 7.05 Å². The van der Waals surface area contributed by atoms with Crippen molar-refractivity contribution < 1.29 is 4.79 Å². The van der Waals surface area contributed by atoms with Crippen molar-refractivity contribution in [3.8, 4) is 0 Å². The van der Waals surface area contributed by atoms with E-state index in [0.717, 1.165) is 18.4 Å². The number of carbonyl (C=O) groups excluding carboxylic acids is 1. The highest BCUT2D eigenvalue weighted by Gasteiger charge is 2.36. The van der Waals surface area contributed by atoms with Crippen LogP contribution in [-0.4, -0.2) is 36.0 Å². The maximum Gasteiger partial charge on any atom is 0.226 e. The van der Waals surface area contributed by atoms with Crippen LogP contribution in [0.1, 0.15) is 31.2 Å². The average Bonchev–Trinajstić information content (AvgIpc) is 2.77. The fraction of sp³-hybridized carbons (Fsp3) is 0.562. The van der Waals surface area contributed by atoms with E-state index >= 15 is 0 Å². The summed E-state index contributed by atoms with van der Waals surface area (Å²) in [6, 6.07) is 11.7. The minimum absolute atomic E-state index is 0.248. The van der Waals surface area contributed by atoms with Crippen LogP contribution in [-0.2, 0) is 11.2 Å². The number of likely N-dealkylation sites (N-methyl/N-ethyl adjacent to an activating group) is 1. The number of benzene rings is 1. The number of piperidine rings is 1. The molecule has 0 aromatic heterocycles. The third-order valence-electron chi connectivity index (χ3n) is 4.59. The molecule has 1 aromatic carbocycles. The Morgan fingerprint density at radius 3 is 2.47 bits per heavy atom. The molecule has 3 heteroatoms. The molecular weight excluding hydrogens is 236 g/mol. The van der Waals surface area contributed by atoms with Gasteiger partial charge in [0.05, 0.1) is 6.42 Å². The van der Waals surface area contributed by atoms with E-state index in [4.69, 9.17) is 0 Å². The van der Waals surface area contributed by atoms with Crippen LogP contribution in [0.4, 0.5) is 0 Å². The van der Waals surface area contributed by atoms with Crippen molar-refractivity contribution in [3.63, 3.8) is 0 Å². The number of amides is 1. The van der Waals surface area contributed by atoms with E-state index in [2.05, 4.69) is 5.32 Å². The predicted octanol–water partition coefficient (Wildman–Crippen LogP) is 1.97. The molecule has 0 saturated carbocycles. The molecule has 0 spiro atoms. The van der Waals surface area contributed by atoms with Gasteiger partial charge in [0.25, 0.3) is 0 Å². The van der Waals surface area contributed by atoms with E-state index in [1.807, 2.05) is 42.3 Å². The number of fused-ring (bicyclic) bond motifs is 2. The molecule has 3 rings (SSSR count). The third kappa shape index (κ3) is 2.81. The molecule has 2 aliphatic heterocycles. The zero-order valence-electron chi connectivity index (χ0n) is 11.5. The van der Waals surface area contributed by atoms with Gasteiger partial charge in [-0.3, -0.25) is 4.79 Å². The molecule has 0 aliphatic carbocycles. The number of rotatable bonds is 3. The Bertz CT molecular complexity index is 433. The lowest BCUT2D eigenvalue weighted by Crippen LogP contribution is -2.49. The Balaban J connectivity index is 1.60. The molecule has 102 valence electrons. The fourth-order valence-corrected chi connectivity index (χ4v) is 3.44. The highest BCUT2D eigenvalue weighted by molar-refractivity contribution is 5.78. The molecule has 2 bridgehead atoms. The second-order valence-electron chi connectivity index (χ2n) is 5.93. The number of nitrogens with one attached hydrogen (secondary N) is 1. The SMILES string of the molecule is CN(C(=O)Cc1ccccc1)[C@@H]1C[C@H]2CC[C@@H](C1)N2. The lowest BCUT2D eigenvalue weighted by atomic mass is 9.98. The van der Waals surface area contributed by atoms with Crippen LogP contribution in [0.2, 0.25) is 0 Å². The molecule has 0 radical (unpaired) electrons. The smallest absolute Gasteiger partial charge is 0.226 e. The molecule has 19 heavy (non-hydrogen) atoms. The van der Waals surface area contributed by atoms with Gasteiger partial charge in [0.2, 0.25) is 5.91 Å². The standard InChI is InChI=1S/C16H22N2O/c1-18(15-10-13-7-8-14(11-15)17-13)16(19)9-12-5-3-2-4-6-12/h2-6,13-15,17H,7-11H2,1H3/t13-,14+,15-. The first-order chi connectivity index (χ1) is 9.22. The highest BCUT2D eigenvalue weighted by atomic mass is 16.2. The quantitative estimate of drug-likeness (QED) is 0.899. The van der Waals surface area contributed by atoms with Crippen molar-refractivity contribution in [3.05, 3.63) is 35.9 Å². The van der Waals surface area contributed by atoms with Gasteiger partial charge in [0.1, 0.15) is 0 Å². The molecule has 2 saturated heterocycles. The molecule has 1 amide bonds. The fourth-order valence-electron chi connectivity index (χ4n) is 3.44. The van der Waals surface area contributed by atoms with Crippen molar-refractivity contribution in [1.29, 1.82) is 0 Å². The van der Waals surface area contributed by atoms with Crippen LogP contribution in [0.5, 0.6) is 0 Å². The van der Waals surface area contributed by atoms with Crippen LogP contribution in [0.3, 0.4) is 0 Å². The van der Waals surface area contributed by atoms with Gasteiger partial charge in [0, 0.05) is 25.2 Å². The van der Waals surface area contributed by atoms with Crippen molar-refractivity contribution in [2.45, 2.75) is 50.2 Å². The van der Waals surface area contributed by atoms with E-state index in [1.165, 1.54) is 12.8 Å². The zero-order valence-corrected chi connectivity index (χ0v) is 11.5. The molecule has 2 heterocycles. The van der Waals surface area contributed by atoms with Crippen LogP contribution >= 0.6 is 0 Å². The monoisotopic (exact) mass is 258 g/mol. The summed E-state index contributed by atoms with van der Waals surface area (Å²) in [6.45, 7) is 0.